The van der Waals surface area contributed by atoms with Crippen molar-refractivity contribution in [2.45, 2.75) is 48.0 Å². The maximum atomic E-state index is 11.8. The number of ketones is 1. The van der Waals surface area contributed by atoms with Gasteiger partial charge in [0, 0.05) is 5.56 Å². The van der Waals surface area contributed by atoms with Crippen LogP contribution >= 0.6 is 0 Å². The van der Waals surface area contributed by atoms with E-state index in [-0.39, 0.29) is 5.78 Å². The van der Waals surface area contributed by atoms with Crippen molar-refractivity contribution in [2.75, 3.05) is 0 Å². The zero-order valence-corrected chi connectivity index (χ0v) is 13.3. The molecule has 0 aliphatic carbocycles. The number of hydrogen-bond donors (Lipinski definition) is 0. The maximum absolute atomic E-state index is 11.8. The molecule has 0 heterocycles. The van der Waals surface area contributed by atoms with Crippen LogP contribution in [0.25, 0.3) is 0 Å². The van der Waals surface area contributed by atoms with Crippen LogP contribution in [0, 0.1) is 6.92 Å². The Kier molecular flexibility index (Phi) is 13.3. The zero-order valence-electron chi connectivity index (χ0n) is 13.3. The van der Waals surface area contributed by atoms with Gasteiger partial charge >= 0.3 is 0 Å². The summed E-state index contributed by atoms with van der Waals surface area (Å²) in [7, 11) is 0. The van der Waals surface area contributed by atoms with E-state index in [0.29, 0.717) is 5.57 Å². The number of aryl methyl sites for hydroxylation is 1. The molecule has 0 aliphatic rings. The maximum Gasteiger partial charge on any atom is 0.188 e. The summed E-state index contributed by atoms with van der Waals surface area (Å²) in [5.74, 6) is 0.0722. The van der Waals surface area contributed by atoms with Gasteiger partial charge in [-0.05, 0) is 25.0 Å². The van der Waals surface area contributed by atoms with Gasteiger partial charge in [-0.1, -0.05) is 77.1 Å². The van der Waals surface area contributed by atoms with E-state index in [2.05, 4.69) is 20.4 Å². The van der Waals surface area contributed by atoms with Crippen LogP contribution in [0.4, 0.5) is 0 Å². The monoisotopic (exact) mass is 260 g/mol. The highest BCUT2D eigenvalue weighted by Gasteiger charge is 2.08. The summed E-state index contributed by atoms with van der Waals surface area (Å²) in [5.41, 5.74) is 2.49. The highest BCUT2D eigenvalue weighted by molar-refractivity contribution is 6.09. The van der Waals surface area contributed by atoms with Crippen molar-refractivity contribution in [1.29, 1.82) is 0 Å². The van der Waals surface area contributed by atoms with Crippen molar-refractivity contribution in [1.82, 2.24) is 0 Å². The first-order chi connectivity index (χ1) is 9.08. The van der Waals surface area contributed by atoms with Crippen molar-refractivity contribution in [3.05, 3.63) is 59.7 Å². The molecule has 1 aromatic rings. The third kappa shape index (κ3) is 8.15. The molecule has 19 heavy (non-hydrogen) atoms. The van der Waals surface area contributed by atoms with Crippen molar-refractivity contribution in [2.24, 2.45) is 0 Å². The van der Waals surface area contributed by atoms with Gasteiger partial charge < -0.3 is 0 Å². The number of hydrogen-bond acceptors (Lipinski definition) is 1. The van der Waals surface area contributed by atoms with E-state index in [9.17, 15) is 4.79 Å². The zero-order chi connectivity index (χ0) is 15.3. The second-order valence-electron chi connectivity index (χ2n) is 3.94. The van der Waals surface area contributed by atoms with Gasteiger partial charge in [-0.2, -0.15) is 0 Å². The lowest BCUT2D eigenvalue weighted by atomic mass is 10.00. The molecule has 0 radical (unpaired) electrons. The summed E-state index contributed by atoms with van der Waals surface area (Å²) in [6.45, 7) is 15.6. The molecule has 0 N–H and O–H groups in total. The normalized spacial score (nSPS) is 9.47. The Bertz CT molecular complexity index is 400. The van der Waals surface area contributed by atoms with Crippen LogP contribution in [0.2, 0.25) is 0 Å². The number of carbonyl (C=O) groups excluding carboxylic acids is 1. The second-order valence-corrected chi connectivity index (χ2v) is 3.94. The molecule has 0 saturated heterocycles. The van der Waals surface area contributed by atoms with Crippen LogP contribution < -0.4 is 0 Å². The molecule has 0 saturated carbocycles. The summed E-state index contributed by atoms with van der Waals surface area (Å²) in [6, 6.07) is 7.59. The predicted octanol–water partition coefficient (Wildman–Crippen LogP) is 5.75. The van der Waals surface area contributed by atoms with Gasteiger partial charge in [0.1, 0.15) is 0 Å². The molecule has 1 nitrogen and oxygen atoms in total. The lowest BCUT2D eigenvalue weighted by Crippen LogP contribution is -2.02. The van der Waals surface area contributed by atoms with E-state index in [0.717, 1.165) is 11.1 Å². The SMILES string of the molecule is C=C/C=C(\C)C(=O)c1ccccc1C.CC.CCC. The average Bonchev–Trinajstić information content (AvgIpc) is 2.42. The van der Waals surface area contributed by atoms with E-state index < -0.39 is 0 Å². The van der Waals surface area contributed by atoms with Crippen molar-refractivity contribution in [3.63, 3.8) is 0 Å². The molecule has 0 aliphatic heterocycles. The lowest BCUT2D eigenvalue weighted by Gasteiger charge is -2.03. The molecule has 0 amide bonds. The van der Waals surface area contributed by atoms with E-state index in [1.165, 1.54) is 6.42 Å². The number of rotatable bonds is 3. The lowest BCUT2D eigenvalue weighted by molar-refractivity contribution is 0.103. The van der Waals surface area contributed by atoms with Crippen molar-refractivity contribution >= 4 is 5.78 Å². The number of allylic oxidation sites excluding steroid dienone is 3. The highest BCUT2D eigenvalue weighted by atomic mass is 16.1. The van der Waals surface area contributed by atoms with Gasteiger partial charge in [0.2, 0.25) is 0 Å². The summed E-state index contributed by atoms with van der Waals surface area (Å²) < 4.78 is 0. The first kappa shape index (κ1) is 19.7. The molecule has 1 heteroatoms. The molecule has 1 rings (SSSR count). The highest BCUT2D eigenvalue weighted by Crippen LogP contribution is 2.12. The molecular weight excluding hydrogens is 232 g/mol. The standard InChI is InChI=1S/C13H14O.C3H8.C2H6/c1-4-7-11(3)13(14)12-9-6-5-8-10(12)2;1-3-2;1-2/h4-9H,1H2,2-3H3;3H2,1-2H3;1-2H3/b11-7+;;. The molecular formula is C18H28O. The quantitative estimate of drug-likeness (QED) is 0.384. The molecule has 0 aromatic heterocycles. The molecule has 106 valence electrons. The topological polar surface area (TPSA) is 17.1 Å². The van der Waals surface area contributed by atoms with Crippen molar-refractivity contribution in [3.8, 4) is 0 Å². The van der Waals surface area contributed by atoms with Crippen LogP contribution in [0.3, 0.4) is 0 Å². The first-order valence-corrected chi connectivity index (χ1v) is 6.98. The van der Waals surface area contributed by atoms with Gasteiger partial charge in [0.25, 0.3) is 0 Å². The van der Waals surface area contributed by atoms with Crippen molar-refractivity contribution < 1.29 is 4.79 Å². The number of benzene rings is 1. The van der Waals surface area contributed by atoms with Gasteiger partial charge in [0.05, 0.1) is 0 Å². The Morgan fingerprint density at radius 2 is 1.68 bits per heavy atom. The fraction of sp³-hybridized carbons (Fsp3) is 0.389. The fourth-order valence-electron chi connectivity index (χ4n) is 1.29. The summed E-state index contributed by atoms with van der Waals surface area (Å²) in [5, 5.41) is 0. The molecule has 0 fully saturated rings. The summed E-state index contributed by atoms with van der Waals surface area (Å²) >= 11 is 0. The second kappa shape index (κ2) is 12.8. The van der Waals surface area contributed by atoms with Crippen LogP contribution in [0.1, 0.15) is 57.0 Å². The smallest absolute Gasteiger partial charge is 0.188 e. The molecule has 0 unspecified atom stereocenters. The minimum absolute atomic E-state index is 0.0722. The van der Waals surface area contributed by atoms with E-state index >= 15 is 0 Å². The van der Waals surface area contributed by atoms with Crippen LogP contribution in [0.5, 0.6) is 0 Å². The Morgan fingerprint density at radius 1 is 1.21 bits per heavy atom. The van der Waals surface area contributed by atoms with Crippen LogP contribution in [0.15, 0.2) is 48.6 Å². The van der Waals surface area contributed by atoms with E-state index in [4.69, 9.17) is 0 Å². The third-order valence-corrected chi connectivity index (χ3v) is 2.12. The van der Waals surface area contributed by atoms with Gasteiger partial charge in [0.15, 0.2) is 5.78 Å². The molecule has 1 aromatic carbocycles. The Hall–Kier alpha value is -1.63. The van der Waals surface area contributed by atoms with Gasteiger partial charge in [-0.15, -0.1) is 0 Å². The minimum Gasteiger partial charge on any atom is -0.289 e. The largest absolute Gasteiger partial charge is 0.289 e. The minimum atomic E-state index is 0.0722. The average molecular weight is 260 g/mol. The van der Waals surface area contributed by atoms with E-state index in [1.54, 1.807) is 19.1 Å². The Labute approximate surface area is 119 Å². The number of carbonyl (C=O) groups is 1. The summed E-state index contributed by atoms with van der Waals surface area (Å²) in [6.07, 6.45) is 4.61. The Balaban J connectivity index is 0. The van der Waals surface area contributed by atoms with Crippen LogP contribution in [-0.4, -0.2) is 5.78 Å². The van der Waals surface area contributed by atoms with Gasteiger partial charge in [-0.3, -0.25) is 4.79 Å². The number of Topliss-reactive ketones (excluding diaryl/α,β-unsaturated/α-hetero) is 1. The van der Waals surface area contributed by atoms with Crippen LogP contribution in [-0.2, 0) is 0 Å². The predicted molar refractivity (Wildman–Crippen MR) is 86.8 cm³/mol. The van der Waals surface area contributed by atoms with E-state index in [1.807, 2.05) is 45.0 Å². The molecule has 0 atom stereocenters. The third-order valence-electron chi connectivity index (χ3n) is 2.12. The van der Waals surface area contributed by atoms with Gasteiger partial charge in [-0.25, -0.2) is 0 Å². The fourth-order valence-corrected chi connectivity index (χ4v) is 1.29. The molecule has 0 bridgehead atoms. The Morgan fingerprint density at radius 3 is 2.11 bits per heavy atom. The molecule has 0 spiro atoms. The summed E-state index contributed by atoms with van der Waals surface area (Å²) in [4.78, 5) is 11.8. The first-order valence-electron chi connectivity index (χ1n) is 6.98.